The maximum absolute atomic E-state index is 11.8. The standard InChI is InChI=1S/C15H23ClN2O3/c1-4-5-6-7-8-17-15(19)18-12-9-11(16)13(20-2)10-14(12)21-3/h9-10H,4-8H2,1-3H3,(H2,17,18,19). The summed E-state index contributed by atoms with van der Waals surface area (Å²) >= 11 is 6.05. The van der Waals surface area contributed by atoms with Gasteiger partial charge >= 0.3 is 6.03 Å². The van der Waals surface area contributed by atoms with E-state index in [4.69, 9.17) is 21.1 Å². The van der Waals surface area contributed by atoms with Crippen LogP contribution in [-0.2, 0) is 0 Å². The maximum Gasteiger partial charge on any atom is 0.319 e. The molecule has 0 aliphatic carbocycles. The topological polar surface area (TPSA) is 59.6 Å². The molecule has 0 saturated carbocycles. The van der Waals surface area contributed by atoms with Crippen molar-refractivity contribution in [3.8, 4) is 11.5 Å². The first-order chi connectivity index (χ1) is 10.1. The predicted molar refractivity (Wildman–Crippen MR) is 85.7 cm³/mol. The van der Waals surface area contributed by atoms with Crippen LogP contribution in [0.15, 0.2) is 12.1 Å². The molecule has 5 nitrogen and oxygen atoms in total. The van der Waals surface area contributed by atoms with Gasteiger partial charge in [-0.15, -0.1) is 0 Å². The summed E-state index contributed by atoms with van der Waals surface area (Å²) in [4.78, 5) is 11.8. The van der Waals surface area contributed by atoms with Crippen LogP contribution < -0.4 is 20.1 Å². The van der Waals surface area contributed by atoms with E-state index in [0.29, 0.717) is 28.8 Å². The lowest BCUT2D eigenvalue weighted by Crippen LogP contribution is -2.29. The summed E-state index contributed by atoms with van der Waals surface area (Å²) in [6.07, 6.45) is 4.45. The molecule has 0 spiro atoms. The van der Waals surface area contributed by atoms with Crippen LogP contribution >= 0.6 is 11.6 Å². The minimum Gasteiger partial charge on any atom is -0.495 e. The largest absolute Gasteiger partial charge is 0.495 e. The molecule has 118 valence electrons. The van der Waals surface area contributed by atoms with E-state index in [1.165, 1.54) is 27.1 Å². The van der Waals surface area contributed by atoms with Gasteiger partial charge in [-0.2, -0.15) is 0 Å². The molecule has 1 aromatic rings. The van der Waals surface area contributed by atoms with Crippen LogP contribution in [0.1, 0.15) is 32.6 Å². The zero-order chi connectivity index (χ0) is 15.7. The van der Waals surface area contributed by atoms with Crippen LogP contribution in [0.2, 0.25) is 5.02 Å². The number of nitrogens with one attached hydrogen (secondary N) is 2. The van der Waals surface area contributed by atoms with E-state index in [9.17, 15) is 4.79 Å². The minimum atomic E-state index is -0.272. The molecule has 0 heterocycles. The van der Waals surface area contributed by atoms with Crippen LogP contribution in [0.5, 0.6) is 11.5 Å². The van der Waals surface area contributed by atoms with Gasteiger partial charge in [-0.25, -0.2) is 4.79 Å². The summed E-state index contributed by atoms with van der Waals surface area (Å²) in [6.45, 7) is 2.80. The van der Waals surface area contributed by atoms with Gasteiger partial charge in [0.2, 0.25) is 0 Å². The Balaban J connectivity index is 2.57. The van der Waals surface area contributed by atoms with Crippen LogP contribution in [0, 0.1) is 0 Å². The van der Waals surface area contributed by atoms with Gasteiger partial charge in [-0.3, -0.25) is 0 Å². The highest BCUT2D eigenvalue weighted by atomic mass is 35.5. The maximum atomic E-state index is 11.8. The lowest BCUT2D eigenvalue weighted by atomic mass is 10.2. The van der Waals surface area contributed by atoms with Crippen molar-refractivity contribution < 1.29 is 14.3 Å². The van der Waals surface area contributed by atoms with Crippen molar-refractivity contribution >= 4 is 23.3 Å². The van der Waals surface area contributed by atoms with Gasteiger partial charge in [-0.1, -0.05) is 37.8 Å². The van der Waals surface area contributed by atoms with Crippen molar-refractivity contribution in [2.24, 2.45) is 0 Å². The van der Waals surface area contributed by atoms with Gasteiger partial charge in [0.1, 0.15) is 11.5 Å². The van der Waals surface area contributed by atoms with Gasteiger partial charge in [0.25, 0.3) is 0 Å². The third kappa shape index (κ3) is 5.71. The number of anilines is 1. The lowest BCUT2D eigenvalue weighted by Gasteiger charge is -2.13. The number of amides is 2. The Morgan fingerprint density at radius 2 is 1.86 bits per heavy atom. The number of halogens is 1. The average molecular weight is 315 g/mol. The first-order valence-electron chi connectivity index (χ1n) is 7.08. The molecule has 1 aromatic carbocycles. The second-order valence-corrected chi connectivity index (χ2v) is 5.04. The number of carbonyl (C=O) groups excluding carboxylic acids is 1. The van der Waals surface area contributed by atoms with Crippen molar-refractivity contribution in [2.75, 3.05) is 26.1 Å². The smallest absolute Gasteiger partial charge is 0.319 e. The van der Waals surface area contributed by atoms with Gasteiger partial charge in [0.05, 0.1) is 24.9 Å². The van der Waals surface area contributed by atoms with Crippen molar-refractivity contribution in [1.82, 2.24) is 5.32 Å². The highest BCUT2D eigenvalue weighted by Crippen LogP contribution is 2.35. The number of unbranched alkanes of at least 4 members (excludes halogenated alkanes) is 3. The molecule has 0 aliphatic heterocycles. The summed E-state index contributed by atoms with van der Waals surface area (Å²) in [5, 5.41) is 5.95. The minimum absolute atomic E-state index is 0.272. The predicted octanol–water partition coefficient (Wildman–Crippen LogP) is 4.06. The Bertz CT molecular complexity index is 466. The molecule has 0 radical (unpaired) electrons. The lowest BCUT2D eigenvalue weighted by molar-refractivity contribution is 0.251. The second-order valence-electron chi connectivity index (χ2n) is 4.63. The number of hydrogen-bond acceptors (Lipinski definition) is 3. The average Bonchev–Trinajstić information content (AvgIpc) is 2.47. The third-order valence-electron chi connectivity index (χ3n) is 3.04. The van der Waals surface area contributed by atoms with E-state index in [2.05, 4.69) is 17.6 Å². The number of rotatable bonds is 8. The third-order valence-corrected chi connectivity index (χ3v) is 3.33. The van der Waals surface area contributed by atoms with E-state index in [1.54, 1.807) is 12.1 Å². The summed E-state index contributed by atoms with van der Waals surface area (Å²) < 4.78 is 10.3. The van der Waals surface area contributed by atoms with Crippen molar-refractivity contribution in [3.05, 3.63) is 17.2 Å². The fourth-order valence-corrected chi connectivity index (χ4v) is 2.12. The molecule has 0 bridgehead atoms. The Hall–Kier alpha value is -1.62. The molecule has 0 saturated heterocycles. The van der Waals surface area contributed by atoms with Gasteiger partial charge in [0.15, 0.2) is 0 Å². The van der Waals surface area contributed by atoms with Crippen molar-refractivity contribution in [3.63, 3.8) is 0 Å². The van der Waals surface area contributed by atoms with Crippen LogP contribution in [0.4, 0.5) is 10.5 Å². The molecule has 1 rings (SSSR count). The van der Waals surface area contributed by atoms with E-state index in [1.807, 2.05) is 0 Å². The number of methoxy groups -OCH3 is 2. The molecule has 2 amide bonds. The molecular formula is C15H23ClN2O3. The second kappa shape index (κ2) is 9.34. The summed E-state index contributed by atoms with van der Waals surface area (Å²) in [7, 11) is 3.05. The Kier molecular flexibility index (Phi) is 7.75. The molecule has 0 aliphatic rings. The van der Waals surface area contributed by atoms with Gasteiger partial charge < -0.3 is 20.1 Å². The molecule has 0 fully saturated rings. The number of urea groups is 1. The molecule has 2 N–H and O–H groups in total. The highest BCUT2D eigenvalue weighted by molar-refractivity contribution is 6.32. The molecular weight excluding hydrogens is 292 g/mol. The van der Waals surface area contributed by atoms with Crippen LogP contribution in [0.3, 0.4) is 0 Å². The zero-order valence-corrected chi connectivity index (χ0v) is 13.5. The van der Waals surface area contributed by atoms with E-state index in [0.717, 1.165) is 12.8 Å². The Labute approximate surface area is 131 Å². The number of carbonyl (C=O) groups is 1. The zero-order valence-electron chi connectivity index (χ0n) is 12.8. The van der Waals surface area contributed by atoms with Crippen molar-refractivity contribution in [1.29, 1.82) is 0 Å². The summed E-state index contributed by atoms with van der Waals surface area (Å²) in [6, 6.07) is 2.97. The van der Waals surface area contributed by atoms with Crippen LogP contribution in [-0.4, -0.2) is 26.8 Å². The van der Waals surface area contributed by atoms with E-state index >= 15 is 0 Å². The number of hydrogen-bond donors (Lipinski definition) is 2. The highest BCUT2D eigenvalue weighted by Gasteiger charge is 2.12. The Morgan fingerprint density at radius 1 is 1.14 bits per heavy atom. The van der Waals surface area contributed by atoms with E-state index < -0.39 is 0 Å². The molecule has 0 unspecified atom stereocenters. The summed E-state index contributed by atoms with van der Waals surface area (Å²) in [5.41, 5.74) is 0.509. The molecule has 21 heavy (non-hydrogen) atoms. The number of ether oxygens (including phenoxy) is 2. The molecule has 0 atom stereocenters. The SMILES string of the molecule is CCCCCCNC(=O)Nc1cc(Cl)c(OC)cc1OC. The normalized spacial score (nSPS) is 10.1. The number of benzene rings is 1. The summed E-state index contributed by atoms with van der Waals surface area (Å²) in [5.74, 6) is 0.997. The fraction of sp³-hybridized carbons (Fsp3) is 0.533. The van der Waals surface area contributed by atoms with Gasteiger partial charge in [0, 0.05) is 12.6 Å². The quantitative estimate of drug-likeness (QED) is 0.711. The first kappa shape index (κ1) is 17.4. The first-order valence-corrected chi connectivity index (χ1v) is 7.46. The Morgan fingerprint density at radius 3 is 2.48 bits per heavy atom. The van der Waals surface area contributed by atoms with Crippen molar-refractivity contribution in [2.45, 2.75) is 32.6 Å². The molecule has 0 aromatic heterocycles. The van der Waals surface area contributed by atoms with Gasteiger partial charge in [-0.05, 0) is 12.5 Å². The van der Waals surface area contributed by atoms with E-state index in [-0.39, 0.29) is 6.03 Å². The van der Waals surface area contributed by atoms with Crippen LogP contribution in [0.25, 0.3) is 0 Å². The monoisotopic (exact) mass is 314 g/mol. The molecule has 6 heteroatoms. The fourth-order valence-electron chi connectivity index (χ4n) is 1.88.